The zero-order chi connectivity index (χ0) is 23.0. The quantitative estimate of drug-likeness (QED) is 0.170. The number of hydrogen-bond donors (Lipinski definition) is 2. The van der Waals surface area contributed by atoms with Gasteiger partial charge in [-0.15, -0.1) is 0 Å². The van der Waals surface area contributed by atoms with Crippen LogP contribution in [0.2, 0.25) is 5.02 Å². The molecule has 4 rings (SSSR count). The molecule has 0 aliphatic carbocycles. The van der Waals surface area contributed by atoms with Crippen molar-refractivity contribution in [3.05, 3.63) is 106 Å². The van der Waals surface area contributed by atoms with Crippen LogP contribution >= 0.6 is 11.6 Å². The average molecular weight is 460 g/mol. The maximum absolute atomic E-state index is 11.8. The number of nitrogens with one attached hydrogen (secondary N) is 2. The highest BCUT2D eigenvalue weighted by Crippen LogP contribution is 2.32. The molecule has 0 spiro atoms. The fourth-order valence-corrected chi connectivity index (χ4v) is 3.15. The molecule has 164 valence electrons. The minimum Gasteiger partial charge on any atom is -0.360 e. The van der Waals surface area contributed by atoms with Gasteiger partial charge in [0, 0.05) is 17.3 Å². The van der Waals surface area contributed by atoms with E-state index in [1.807, 2.05) is 48.5 Å². The number of azo groups is 1. The Bertz CT molecular complexity index is 1280. The normalized spacial score (nSPS) is 10.8. The lowest BCUT2D eigenvalue weighted by atomic mass is 10.2. The van der Waals surface area contributed by atoms with Gasteiger partial charge < -0.3 is 10.6 Å². The summed E-state index contributed by atoms with van der Waals surface area (Å²) in [6, 6.07) is 23.6. The fourth-order valence-electron chi connectivity index (χ4n) is 2.95. The van der Waals surface area contributed by atoms with Crippen molar-refractivity contribution < 1.29 is 4.92 Å². The largest absolute Gasteiger partial charge is 0.360 e. The van der Waals surface area contributed by atoms with E-state index in [9.17, 15) is 10.1 Å². The summed E-state index contributed by atoms with van der Waals surface area (Å²) in [5.41, 5.74) is 2.52. The Morgan fingerprint density at radius 2 is 1.48 bits per heavy atom. The van der Waals surface area contributed by atoms with E-state index < -0.39 is 4.92 Å². The van der Waals surface area contributed by atoms with E-state index >= 15 is 0 Å². The van der Waals surface area contributed by atoms with Gasteiger partial charge in [-0.05, 0) is 48.0 Å². The molecular weight excluding hydrogens is 442 g/mol. The van der Waals surface area contributed by atoms with Crippen LogP contribution in [0.5, 0.6) is 0 Å². The van der Waals surface area contributed by atoms with E-state index in [4.69, 9.17) is 11.6 Å². The highest BCUT2D eigenvalue weighted by molar-refractivity contribution is 6.31. The van der Waals surface area contributed by atoms with Crippen molar-refractivity contribution in [2.24, 2.45) is 10.2 Å². The summed E-state index contributed by atoms with van der Waals surface area (Å²) in [5, 5.41) is 26.6. The van der Waals surface area contributed by atoms with Crippen LogP contribution in [0, 0.1) is 10.1 Å². The van der Waals surface area contributed by atoms with E-state index in [1.54, 1.807) is 30.3 Å². The Kier molecular flexibility index (Phi) is 6.81. The summed E-state index contributed by atoms with van der Waals surface area (Å²) in [6.45, 7) is 0.276. The van der Waals surface area contributed by atoms with Crippen LogP contribution < -0.4 is 10.6 Å². The molecule has 0 amide bonds. The van der Waals surface area contributed by atoms with Crippen LogP contribution in [0.1, 0.15) is 5.56 Å². The zero-order valence-electron chi connectivity index (χ0n) is 17.2. The molecule has 0 saturated carbocycles. The summed E-state index contributed by atoms with van der Waals surface area (Å²) >= 11 is 6.17. The number of nitro groups is 1. The molecule has 0 fully saturated rings. The minimum absolute atomic E-state index is 0.0651. The Morgan fingerprint density at radius 3 is 2.18 bits per heavy atom. The molecule has 9 nitrogen and oxygen atoms in total. The number of hydrogen-bond acceptors (Lipinski definition) is 8. The van der Waals surface area contributed by atoms with Gasteiger partial charge in [0.15, 0.2) is 0 Å². The van der Waals surface area contributed by atoms with Crippen LogP contribution in [-0.4, -0.2) is 14.9 Å². The van der Waals surface area contributed by atoms with Gasteiger partial charge in [0.1, 0.15) is 6.33 Å². The molecule has 10 heteroatoms. The van der Waals surface area contributed by atoms with E-state index in [0.717, 1.165) is 11.3 Å². The summed E-state index contributed by atoms with van der Waals surface area (Å²) in [7, 11) is 0. The number of aromatic nitrogens is 2. The molecule has 33 heavy (non-hydrogen) atoms. The highest BCUT2D eigenvalue weighted by atomic mass is 35.5. The minimum atomic E-state index is -0.528. The molecule has 4 aromatic rings. The lowest BCUT2D eigenvalue weighted by molar-refractivity contribution is -0.383. The van der Waals surface area contributed by atoms with Gasteiger partial charge in [0.25, 0.3) is 0 Å². The van der Waals surface area contributed by atoms with Gasteiger partial charge in [-0.3, -0.25) is 10.1 Å². The molecule has 1 aromatic heterocycles. The van der Waals surface area contributed by atoms with Crippen molar-refractivity contribution in [1.29, 1.82) is 0 Å². The smallest absolute Gasteiger partial charge is 0.353 e. The van der Waals surface area contributed by atoms with E-state index in [2.05, 4.69) is 30.8 Å². The summed E-state index contributed by atoms with van der Waals surface area (Å²) in [5.74, 6) is 0.154. The van der Waals surface area contributed by atoms with E-state index in [0.29, 0.717) is 16.4 Å². The molecule has 0 aliphatic rings. The second kappa shape index (κ2) is 10.3. The van der Waals surface area contributed by atoms with Crippen LogP contribution in [0.25, 0.3) is 0 Å². The Morgan fingerprint density at radius 1 is 0.848 bits per heavy atom. The number of rotatable bonds is 8. The lowest BCUT2D eigenvalue weighted by Crippen LogP contribution is -2.08. The molecular formula is C23H18ClN7O2. The van der Waals surface area contributed by atoms with Crippen molar-refractivity contribution in [2.45, 2.75) is 6.54 Å². The summed E-state index contributed by atoms with van der Waals surface area (Å²) in [6.07, 6.45) is 1.26. The van der Waals surface area contributed by atoms with Gasteiger partial charge in [-0.25, -0.2) is 9.97 Å². The van der Waals surface area contributed by atoms with Gasteiger partial charge in [-0.2, -0.15) is 10.2 Å². The zero-order valence-corrected chi connectivity index (χ0v) is 18.0. The highest BCUT2D eigenvalue weighted by Gasteiger charge is 2.23. The number of benzene rings is 3. The average Bonchev–Trinajstić information content (AvgIpc) is 2.83. The molecule has 3 aromatic carbocycles. The second-order valence-corrected chi connectivity index (χ2v) is 7.24. The first-order chi connectivity index (χ1) is 16.1. The van der Waals surface area contributed by atoms with E-state index in [1.165, 1.54) is 6.33 Å². The lowest BCUT2D eigenvalue weighted by Gasteiger charge is -2.11. The van der Waals surface area contributed by atoms with Gasteiger partial charge in [0.05, 0.1) is 16.3 Å². The molecule has 0 atom stereocenters. The molecule has 2 N–H and O–H groups in total. The van der Waals surface area contributed by atoms with Crippen LogP contribution in [0.4, 0.5) is 34.4 Å². The molecule has 0 bridgehead atoms. The summed E-state index contributed by atoms with van der Waals surface area (Å²) < 4.78 is 0. The first kappa shape index (κ1) is 21.8. The SMILES string of the molecule is O=[N+]([O-])c1c(NCc2ccccc2Cl)ncnc1Nc1ccc(N=Nc2ccccc2)cc1. The first-order valence-electron chi connectivity index (χ1n) is 9.91. The molecule has 1 heterocycles. The molecule has 0 aliphatic heterocycles. The van der Waals surface area contributed by atoms with Gasteiger partial charge in [0.2, 0.25) is 11.6 Å². The van der Waals surface area contributed by atoms with E-state index in [-0.39, 0.29) is 23.9 Å². The van der Waals surface area contributed by atoms with Crippen molar-refractivity contribution in [2.75, 3.05) is 10.6 Å². The number of anilines is 3. The topological polar surface area (TPSA) is 118 Å². The molecule has 0 unspecified atom stereocenters. The monoisotopic (exact) mass is 459 g/mol. The number of halogens is 1. The third-order valence-corrected chi connectivity index (χ3v) is 4.94. The predicted octanol–water partition coefficient (Wildman–Crippen LogP) is 6.81. The van der Waals surface area contributed by atoms with Crippen molar-refractivity contribution in [3.8, 4) is 0 Å². The van der Waals surface area contributed by atoms with Crippen molar-refractivity contribution in [1.82, 2.24) is 9.97 Å². The molecule has 0 radical (unpaired) electrons. The predicted molar refractivity (Wildman–Crippen MR) is 128 cm³/mol. The van der Waals surface area contributed by atoms with Crippen LogP contribution in [0.3, 0.4) is 0 Å². The fraction of sp³-hybridized carbons (Fsp3) is 0.0435. The van der Waals surface area contributed by atoms with Crippen molar-refractivity contribution >= 4 is 46.0 Å². The first-order valence-corrected chi connectivity index (χ1v) is 10.3. The maximum Gasteiger partial charge on any atom is 0.353 e. The Balaban J connectivity index is 1.50. The third-order valence-electron chi connectivity index (χ3n) is 4.58. The summed E-state index contributed by atoms with van der Waals surface area (Å²) in [4.78, 5) is 19.3. The van der Waals surface area contributed by atoms with Crippen LogP contribution in [0.15, 0.2) is 95.4 Å². The third kappa shape index (κ3) is 5.66. The maximum atomic E-state index is 11.8. The van der Waals surface area contributed by atoms with Gasteiger partial charge in [-0.1, -0.05) is 48.0 Å². The number of nitrogens with zero attached hydrogens (tertiary/aromatic N) is 5. The Hall–Kier alpha value is -4.37. The standard InChI is InChI=1S/C23H18ClN7O2/c24-20-9-5-4-6-16(20)14-25-22-21(31(32)33)23(27-15-26-22)28-17-10-12-19(13-11-17)30-29-18-7-2-1-3-8-18/h1-13,15H,14H2,(H2,25,26,27,28). The Labute approximate surface area is 194 Å². The molecule has 0 saturated heterocycles. The van der Waals surface area contributed by atoms with Gasteiger partial charge >= 0.3 is 5.69 Å². The van der Waals surface area contributed by atoms with Crippen molar-refractivity contribution in [3.63, 3.8) is 0 Å². The second-order valence-electron chi connectivity index (χ2n) is 6.83. The van der Waals surface area contributed by atoms with Crippen LogP contribution in [-0.2, 0) is 6.54 Å².